The molecule has 0 atom stereocenters. The summed E-state index contributed by atoms with van der Waals surface area (Å²) >= 11 is 0. The van der Waals surface area contributed by atoms with Gasteiger partial charge in [0.05, 0.1) is 0 Å². The summed E-state index contributed by atoms with van der Waals surface area (Å²) in [7, 11) is -3.64. The largest absolute Gasteiger partial charge is 0.235 e. The van der Waals surface area contributed by atoms with Crippen molar-refractivity contribution in [2.24, 2.45) is 4.99 Å². The fraction of sp³-hybridized carbons (Fsp3) is 0.462. The number of hydrogen-bond donors (Lipinski definition) is 0. The lowest BCUT2D eigenvalue weighted by molar-refractivity contribution is 0.424. The predicted octanol–water partition coefficient (Wildman–Crippen LogP) is 2.33. The number of carbonyl (C=O) groups excluding carboxylic acids is 1. The van der Waals surface area contributed by atoms with Crippen LogP contribution in [0.3, 0.4) is 0 Å². The molecule has 4 nitrogen and oxygen atoms in total. The second-order valence-corrected chi connectivity index (χ2v) is 6.82. The Hall–Kier alpha value is -1.52. The van der Waals surface area contributed by atoms with Crippen LogP contribution in [0.15, 0.2) is 28.1 Å². The Morgan fingerprint density at radius 3 is 2.47 bits per heavy atom. The summed E-state index contributed by atoms with van der Waals surface area (Å²) in [6.07, 6.45) is 5.17. The number of nitrogens with zero attached hydrogens (tertiary/aromatic N) is 1. The number of halogens is 1. The van der Waals surface area contributed by atoms with Gasteiger partial charge in [0.1, 0.15) is 16.3 Å². The zero-order chi connectivity index (χ0) is 14.1. The smallest absolute Gasteiger partial charge is 0.224 e. The number of rotatable bonds is 3. The minimum absolute atomic E-state index is 0.177. The van der Waals surface area contributed by atoms with E-state index in [1.165, 1.54) is 24.3 Å². The Labute approximate surface area is 111 Å². The molecule has 0 N–H and O–H groups in total. The molecule has 0 radical (unpaired) electrons. The lowest BCUT2D eigenvalue weighted by Crippen LogP contribution is -2.22. The van der Waals surface area contributed by atoms with Gasteiger partial charge in [-0.2, -0.15) is 4.99 Å². The van der Waals surface area contributed by atoms with Crippen LogP contribution in [0.5, 0.6) is 0 Å². The third kappa shape index (κ3) is 2.46. The molecule has 0 bridgehead atoms. The highest BCUT2D eigenvalue weighted by Crippen LogP contribution is 2.43. The van der Waals surface area contributed by atoms with E-state index in [9.17, 15) is 17.6 Å². The van der Waals surface area contributed by atoms with Crippen molar-refractivity contribution in [3.63, 3.8) is 0 Å². The minimum atomic E-state index is -3.64. The summed E-state index contributed by atoms with van der Waals surface area (Å²) < 4.78 is 37.5. The number of isocyanates is 1. The second-order valence-electron chi connectivity index (χ2n) is 4.83. The van der Waals surface area contributed by atoms with Crippen LogP contribution in [0.25, 0.3) is 0 Å². The third-order valence-electron chi connectivity index (χ3n) is 3.55. The summed E-state index contributed by atoms with van der Waals surface area (Å²) in [6, 6.07) is 4.20. The number of sulfone groups is 1. The van der Waals surface area contributed by atoms with Gasteiger partial charge in [-0.25, -0.2) is 17.6 Å². The summed E-state index contributed by atoms with van der Waals surface area (Å²) in [5.41, 5.74) is -0.775. The van der Waals surface area contributed by atoms with E-state index < -0.39 is 21.2 Å². The van der Waals surface area contributed by atoms with Crippen molar-refractivity contribution in [3.05, 3.63) is 29.6 Å². The first-order chi connectivity index (χ1) is 8.91. The molecule has 6 heteroatoms. The normalized spacial score (nSPS) is 18.0. The number of aliphatic imine (C=N–C) groups is 1. The summed E-state index contributed by atoms with van der Waals surface area (Å²) in [5.74, 6) is -0.800. The molecule has 0 unspecified atom stereocenters. The average molecular weight is 283 g/mol. The summed E-state index contributed by atoms with van der Waals surface area (Å²) in [6.45, 7) is 0. The SMILES string of the molecule is CS(=O)(=O)c1cccc(C2(N=C=O)CCCC2)c1F. The van der Waals surface area contributed by atoms with Gasteiger partial charge < -0.3 is 0 Å². The molecule has 1 aromatic carbocycles. The molecule has 102 valence electrons. The van der Waals surface area contributed by atoms with Gasteiger partial charge in [-0.3, -0.25) is 0 Å². The first-order valence-electron chi connectivity index (χ1n) is 5.99. The van der Waals surface area contributed by atoms with Crippen LogP contribution in [0.1, 0.15) is 31.2 Å². The highest BCUT2D eigenvalue weighted by Gasteiger charge is 2.39. The molecule has 1 aromatic rings. The molecular weight excluding hydrogens is 269 g/mol. The van der Waals surface area contributed by atoms with E-state index in [0.29, 0.717) is 12.8 Å². The van der Waals surface area contributed by atoms with Crippen LogP contribution in [0, 0.1) is 5.82 Å². The van der Waals surface area contributed by atoms with Gasteiger partial charge in [0, 0.05) is 11.8 Å². The van der Waals surface area contributed by atoms with Crippen LogP contribution in [0.4, 0.5) is 4.39 Å². The van der Waals surface area contributed by atoms with E-state index in [-0.39, 0.29) is 10.5 Å². The topological polar surface area (TPSA) is 63.6 Å². The van der Waals surface area contributed by atoms with Crippen LogP contribution in [0.2, 0.25) is 0 Å². The fourth-order valence-electron chi connectivity index (χ4n) is 2.65. The van der Waals surface area contributed by atoms with Gasteiger partial charge in [-0.1, -0.05) is 25.0 Å². The third-order valence-corrected chi connectivity index (χ3v) is 4.67. The Morgan fingerprint density at radius 1 is 1.32 bits per heavy atom. The highest BCUT2D eigenvalue weighted by atomic mass is 32.2. The van der Waals surface area contributed by atoms with Crippen LogP contribution in [-0.4, -0.2) is 20.8 Å². The van der Waals surface area contributed by atoms with E-state index in [4.69, 9.17) is 0 Å². The highest BCUT2D eigenvalue weighted by molar-refractivity contribution is 7.90. The van der Waals surface area contributed by atoms with E-state index in [1.54, 1.807) is 0 Å². The molecule has 0 saturated heterocycles. The quantitative estimate of drug-likeness (QED) is 0.631. The van der Waals surface area contributed by atoms with Crippen LogP contribution in [-0.2, 0) is 20.2 Å². The van der Waals surface area contributed by atoms with Gasteiger partial charge in [0.2, 0.25) is 6.08 Å². The average Bonchev–Trinajstić information content (AvgIpc) is 2.78. The lowest BCUT2D eigenvalue weighted by Gasteiger charge is -2.24. The predicted molar refractivity (Wildman–Crippen MR) is 67.8 cm³/mol. The van der Waals surface area contributed by atoms with E-state index in [2.05, 4.69) is 4.99 Å². The van der Waals surface area contributed by atoms with E-state index in [1.807, 2.05) is 0 Å². The zero-order valence-electron chi connectivity index (χ0n) is 10.5. The molecular formula is C13H14FNO3S. The molecule has 2 rings (SSSR count). The molecule has 0 amide bonds. The second kappa shape index (κ2) is 4.87. The summed E-state index contributed by atoms with van der Waals surface area (Å²) in [5, 5.41) is 0. The fourth-order valence-corrected chi connectivity index (χ4v) is 3.41. The zero-order valence-corrected chi connectivity index (χ0v) is 11.3. The first-order valence-corrected chi connectivity index (χ1v) is 7.88. The lowest BCUT2D eigenvalue weighted by atomic mass is 9.88. The Bertz CT molecular complexity index is 642. The Kier molecular flexibility index (Phi) is 3.56. The monoisotopic (exact) mass is 283 g/mol. The maximum atomic E-state index is 14.4. The molecule has 1 fully saturated rings. The molecule has 1 aliphatic rings. The van der Waals surface area contributed by atoms with E-state index >= 15 is 0 Å². The van der Waals surface area contributed by atoms with Gasteiger partial charge in [-0.15, -0.1) is 0 Å². The summed E-state index contributed by atoms with van der Waals surface area (Å²) in [4.78, 5) is 14.0. The van der Waals surface area contributed by atoms with Crippen molar-refractivity contribution < 1.29 is 17.6 Å². The molecule has 0 heterocycles. The van der Waals surface area contributed by atoms with Crippen molar-refractivity contribution in [1.82, 2.24) is 0 Å². The van der Waals surface area contributed by atoms with E-state index in [0.717, 1.165) is 19.1 Å². The van der Waals surface area contributed by atoms with Crippen molar-refractivity contribution in [1.29, 1.82) is 0 Å². The van der Waals surface area contributed by atoms with Crippen molar-refractivity contribution in [2.45, 2.75) is 36.1 Å². The van der Waals surface area contributed by atoms with Crippen molar-refractivity contribution in [3.8, 4) is 0 Å². The van der Waals surface area contributed by atoms with Crippen molar-refractivity contribution >= 4 is 15.9 Å². The number of hydrogen-bond acceptors (Lipinski definition) is 4. The molecule has 1 saturated carbocycles. The Balaban J connectivity index is 2.66. The van der Waals surface area contributed by atoms with Gasteiger partial charge in [-0.05, 0) is 18.9 Å². The van der Waals surface area contributed by atoms with Gasteiger partial charge in [0.25, 0.3) is 0 Å². The maximum Gasteiger partial charge on any atom is 0.235 e. The maximum absolute atomic E-state index is 14.4. The molecule has 0 spiro atoms. The minimum Gasteiger partial charge on any atom is -0.224 e. The molecule has 19 heavy (non-hydrogen) atoms. The van der Waals surface area contributed by atoms with Crippen molar-refractivity contribution in [2.75, 3.05) is 6.26 Å². The Morgan fingerprint density at radius 2 is 1.95 bits per heavy atom. The first kappa shape index (κ1) is 13.9. The van der Waals surface area contributed by atoms with Gasteiger partial charge in [0.15, 0.2) is 9.84 Å². The van der Waals surface area contributed by atoms with Crippen LogP contribution < -0.4 is 0 Å². The molecule has 1 aliphatic carbocycles. The molecule has 0 aliphatic heterocycles. The van der Waals surface area contributed by atoms with Crippen LogP contribution >= 0.6 is 0 Å². The van der Waals surface area contributed by atoms with Gasteiger partial charge >= 0.3 is 0 Å². The number of benzene rings is 1. The molecule has 0 aromatic heterocycles. The standard InChI is InChI=1S/C13H14FNO3S/c1-19(17,18)11-6-4-5-10(12(11)14)13(15-9-16)7-2-3-8-13/h4-6H,2-3,7-8H2,1H3.